The van der Waals surface area contributed by atoms with Crippen molar-refractivity contribution in [1.29, 1.82) is 0 Å². The molecule has 0 aromatic heterocycles. The molecule has 4 heteroatoms. The van der Waals surface area contributed by atoms with Crippen LogP contribution in [0.5, 0.6) is 0 Å². The van der Waals surface area contributed by atoms with E-state index in [0.717, 1.165) is 11.1 Å². The molecule has 0 spiro atoms. The molecule has 0 aliphatic rings. The largest absolute Gasteiger partial charge is 0.327 e. The highest BCUT2D eigenvalue weighted by atomic mass is 15.2. The van der Waals surface area contributed by atoms with Gasteiger partial charge in [-0.15, -0.1) is 0 Å². The van der Waals surface area contributed by atoms with E-state index in [-0.39, 0.29) is 6.04 Å². The van der Waals surface area contributed by atoms with Crippen molar-refractivity contribution in [3.8, 4) is 0 Å². The van der Waals surface area contributed by atoms with Crippen LogP contribution >= 0.6 is 0 Å². The molecule has 2 aromatic carbocycles. The van der Waals surface area contributed by atoms with Crippen molar-refractivity contribution in [3.05, 3.63) is 82.2 Å². The van der Waals surface area contributed by atoms with E-state index in [9.17, 15) is 0 Å². The van der Waals surface area contributed by atoms with Crippen LogP contribution in [-0.2, 0) is 5.54 Å². The summed E-state index contributed by atoms with van der Waals surface area (Å²) in [6.45, 7) is 1.86. The molecule has 2 rings (SSSR count). The Balaban J connectivity index is 2.72. The van der Waals surface area contributed by atoms with E-state index in [1.807, 2.05) is 67.6 Å². The van der Waals surface area contributed by atoms with Gasteiger partial charge in [-0.3, -0.25) is 0 Å². The van der Waals surface area contributed by atoms with Gasteiger partial charge in [-0.05, 0) is 23.6 Å². The van der Waals surface area contributed by atoms with Gasteiger partial charge in [0.15, 0.2) is 0 Å². The summed E-state index contributed by atoms with van der Waals surface area (Å²) < 4.78 is 0. The van der Waals surface area contributed by atoms with Crippen LogP contribution in [-0.4, -0.2) is 6.04 Å². The zero-order chi connectivity index (χ0) is 13.7. The van der Waals surface area contributed by atoms with Gasteiger partial charge in [0.25, 0.3) is 0 Å². The molecule has 0 bridgehead atoms. The molecule has 0 saturated heterocycles. The van der Waals surface area contributed by atoms with Gasteiger partial charge in [0, 0.05) is 11.0 Å². The van der Waals surface area contributed by atoms with Gasteiger partial charge in [0.2, 0.25) is 0 Å². The number of hydrogen-bond donors (Lipinski definition) is 1. The SMILES string of the molecule is C[C@H](N)C(N=[N+]=[N-])(c1ccccc1)c1ccccc1. The molecule has 0 heterocycles. The van der Waals surface area contributed by atoms with E-state index in [0.29, 0.717) is 0 Å². The molecule has 4 nitrogen and oxygen atoms in total. The van der Waals surface area contributed by atoms with E-state index < -0.39 is 5.54 Å². The van der Waals surface area contributed by atoms with Crippen molar-refractivity contribution in [1.82, 2.24) is 0 Å². The summed E-state index contributed by atoms with van der Waals surface area (Å²) in [6, 6.07) is 18.9. The van der Waals surface area contributed by atoms with Gasteiger partial charge in [0.05, 0.1) is 0 Å². The van der Waals surface area contributed by atoms with Crippen LogP contribution in [0.3, 0.4) is 0 Å². The van der Waals surface area contributed by atoms with E-state index in [1.165, 1.54) is 0 Å². The normalized spacial score (nSPS) is 12.5. The summed E-state index contributed by atoms with van der Waals surface area (Å²) >= 11 is 0. The van der Waals surface area contributed by atoms with E-state index >= 15 is 0 Å². The zero-order valence-electron chi connectivity index (χ0n) is 10.8. The van der Waals surface area contributed by atoms with Gasteiger partial charge in [0.1, 0.15) is 5.54 Å². The number of hydrogen-bond acceptors (Lipinski definition) is 2. The molecule has 19 heavy (non-hydrogen) atoms. The van der Waals surface area contributed by atoms with Gasteiger partial charge in [-0.25, -0.2) is 0 Å². The number of rotatable bonds is 4. The number of benzene rings is 2. The van der Waals surface area contributed by atoms with Crippen molar-refractivity contribution in [3.63, 3.8) is 0 Å². The Labute approximate surface area is 112 Å². The Morgan fingerprint density at radius 2 is 1.42 bits per heavy atom. The van der Waals surface area contributed by atoms with Crippen LogP contribution in [0.15, 0.2) is 65.8 Å². The minimum absolute atomic E-state index is 0.340. The summed E-state index contributed by atoms with van der Waals surface area (Å²) in [7, 11) is 0. The third-order valence-electron chi connectivity index (χ3n) is 3.29. The molecule has 1 atom stereocenters. The van der Waals surface area contributed by atoms with E-state index in [2.05, 4.69) is 10.0 Å². The van der Waals surface area contributed by atoms with Crippen molar-refractivity contribution in [2.75, 3.05) is 0 Å². The highest BCUT2D eigenvalue weighted by Gasteiger charge is 2.37. The summed E-state index contributed by atoms with van der Waals surface area (Å²) in [5, 5.41) is 4.05. The lowest BCUT2D eigenvalue weighted by atomic mass is 9.78. The van der Waals surface area contributed by atoms with Gasteiger partial charge in [-0.2, -0.15) is 0 Å². The topological polar surface area (TPSA) is 74.8 Å². The summed E-state index contributed by atoms with van der Waals surface area (Å²) in [5.41, 5.74) is 16.0. The fourth-order valence-electron chi connectivity index (χ4n) is 2.35. The molecule has 0 amide bonds. The Kier molecular flexibility index (Phi) is 3.85. The molecular weight excluding hydrogens is 236 g/mol. The van der Waals surface area contributed by atoms with Crippen molar-refractivity contribution in [2.45, 2.75) is 18.5 Å². The van der Waals surface area contributed by atoms with Crippen molar-refractivity contribution < 1.29 is 0 Å². The first-order chi connectivity index (χ1) is 9.21. The quantitative estimate of drug-likeness (QED) is 0.504. The monoisotopic (exact) mass is 252 g/mol. The molecule has 0 saturated carbocycles. The Bertz CT molecular complexity index is 532. The predicted molar refractivity (Wildman–Crippen MR) is 76.5 cm³/mol. The highest BCUT2D eigenvalue weighted by Crippen LogP contribution is 2.36. The summed E-state index contributed by atoms with van der Waals surface area (Å²) in [5.74, 6) is 0. The number of nitrogens with zero attached hydrogens (tertiary/aromatic N) is 3. The van der Waals surface area contributed by atoms with Crippen LogP contribution in [0.1, 0.15) is 18.1 Å². The average Bonchev–Trinajstić information content (AvgIpc) is 2.46. The first-order valence-corrected chi connectivity index (χ1v) is 6.14. The molecule has 0 aliphatic heterocycles. The predicted octanol–water partition coefficient (Wildman–Crippen LogP) is 3.59. The Hall–Kier alpha value is -2.29. The smallest absolute Gasteiger partial charge is 0.113 e. The zero-order valence-corrected chi connectivity index (χ0v) is 10.8. The maximum Gasteiger partial charge on any atom is 0.113 e. The number of nitrogens with two attached hydrogens (primary N) is 1. The van der Waals surface area contributed by atoms with Gasteiger partial charge < -0.3 is 5.73 Å². The molecule has 0 aliphatic carbocycles. The molecular formula is C15H16N4. The fourth-order valence-corrected chi connectivity index (χ4v) is 2.35. The highest BCUT2D eigenvalue weighted by molar-refractivity contribution is 5.40. The van der Waals surface area contributed by atoms with Gasteiger partial charge >= 0.3 is 0 Å². The molecule has 2 aromatic rings. The lowest BCUT2D eigenvalue weighted by Gasteiger charge is -2.33. The van der Waals surface area contributed by atoms with E-state index in [4.69, 9.17) is 11.3 Å². The lowest BCUT2D eigenvalue weighted by molar-refractivity contribution is 0.444. The minimum Gasteiger partial charge on any atom is -0.327 e. The molecule has 2 N–H and O–H groups in total. The average molecular weight is 252 g/mol. The first kappa shape index (κ1) is 13.1. The second-order valence-corrected chi connectivity index (χ2v) is 4.48. The third-order valence-corrected chi connectivity index (χ3v) is 3.29. The summed E-state index contributed by atoms with van der Waals surface area (Å²) in [6.07, 6.45) is 0. The first-order valence-electron chi connectivity index (χ1n) is 6.14. The molecule has 0 radical (unpaired) electrons. The molecule has 96 valence electrons. The van der Waals surface area contributed by atoms with Crippen LogP contribution < -0.4 is 5.73 Å². The lowest BCUT2D eigenvalue weighted by Crippen LogP contribution is -2.42. The Morgan fingerprint density at radius 3 is 1.74 bits per heavy atom. The maximum absolute atomic E-state index is 8.98. The van der Waals surface area contributed by atoms with Crippen LogP contribution in [0.4, 0.5) is 0 Å². The standard InChI is InChI=1S/C15H16N4/c1-12(16)15(18-19-17,13-8-4-2-5-9-13)14-10-6-3-7-11-14/h2-12H,16H2,1H3/t12-/m0/s1. The fraction of sp³-hybridized carbons (Fsp3) is 0.200. The van der Waals surface area contributed by atoms with Crippen molar-refractivity contribution in [2.24, 2.45) is 10.8 Å². The van der Waals surface area contributed by atoms with Crippen molar-refractivity contribution >= 4 is 0 Å². The molecule has 0 fully saturated rings. The van der Waals surface area contributed by atoms with E-state index in [1.54, 1.807) is 0 Å². The maximum atomic E-state index is 8.98. The summed E-state index contributed by atoms with van der Waals surface area (Å²) in [4.78, 5) is 3.03. The van der Waals surface area contributed by atoms with Crippen LogP contribution in [0, 0.1) is 0 Å². The molecule has 0 unspecified atom stereocenters. The third kappa shape index (κ3) is 2.32. The second kappa shape index (κ2) is 5.57. The number of azide groups is 1. The van der Waals surface area contributed by atoms with Crippen LogP contribution in [0.25, 0.3) is 10.4 Å². The minimum atomic E-state index is -0.878. The van der Waals surface area contributed by atoms with Gasteiger partial charge in [-0.1, -0.05) is 65.8 Å². The Morgan fingerprint density at radius 1 is 1.00 bits per heavy atom. The second-order valence-electron chi connectivity index (χ2n) is 4.48. The van der Waals surface area contributed by atoms with Crippen LogP contribution in [0.2, 0.25) is 0 Å².